The van der Waals surface area contributed by atoms with Gasteiger partial charge in [0.05, 0.1) is 29.8 Å². The number of hydrogen-bond donors (Lipinski definition) is 2. The Morgan fingerprint density at radius 3 is 2.59 bits per heavy atom. The van der Waals surface area contributed by atoms with Crippen LogP contribution in [0.1, 0.15) is 21.6 Å². The van der Waals surface area contributed by atoms with E-state index in [0.717, 1.165) is 17.1 Å². The molecule has 0 aliphatic carbocycles. The Hall–Kier alpha value is -4.87. The Morgan fingerprint density at radius 2 is 1.94 bits per heavy atom. The molecule has 172 valence electrons. The van der Waals surface area contributed by atoms with Crippen LogP contribution in [0.2, 0.25) is 0 Å². The van der Waals surface area contributed by atoms with Crippen molar-refractivity contribution in [3.63, 3.8) is 0 Å². The Bertz CT molecular complexity index is 1400. The summed E-state index contributed by atoms with van der Waals surface area (Å²) in [6.07, 6.45) is -1.14. The molecule has 34 heavy (non-hydrogen) atoms. The molecule has 0 fully saturated rings. The van der Waals surface area contributed by atoms with Gasteiger partial charge in [-0.25, -0.2) is 14.7 Å². The van der Waals surface area contributed by atoms with E-state index in [0.29, 0.717) is 10.2 Å². The number of aliphatic imine (C=N–C) groups is 1. The van der Waals surface area contributed by atoms with Crippen LogP contribution in [0.15, 0.2) is 47.5 Å². The van der Waals surface area contributed by atoms with Crippen molar-refractivity contribution in [2.24, 2.45) is 4.99 Å². The van der Waals surface area contributed by atoms with Gasteiger partial charge >= 0.3 is 6.18 Å². The number of carbonyl (C=O) groups excluding carboxylic acids is 2. The normalized spacial score (nSPS) is 16.0. The van der Waals surface area contributed by atoms with Crippen LogP contribution >= 0.6 is 0 Å². The molecule has 0 radical (unpaired) electrons. The van der Waals surface area contributed by atoms with E-state index in [-0.39, 0.29) is 22.9 Å². The SMILES string of the molecule is Cc1cnc(N)cc1-n1ncc(C(=O)NC2N=C(n3nccn3)C(C#N)=CC2=O)c1C(F)(F)F. The number of ketones is 1. The summed E-state index contributed by atoms with van der Waals surface area (Å²) in [7, 11) is 0. The minimum absolute atomic E-state index is 0.0284. The number of nitrogen functional groups attached to an aromatic ring is 1. The van der Waals surface area contributed by atoms with E-state index in [4.69, 9.17) is 5.73 Å². The molecule has 3 aromatic rings. The van der Waals surface area contributed by atoms with Crippen molar-refractivity contribution in [1.29, 1.82) is 5.26 Å². The molecular weight excluding hydrogens is 457 g/mol. The highest BCUT2D eigenvalue weighted by molar-refractivity contribution is 6.14. The molecule has 0 saturated heterocycles. The maximum atomic E-state index is 14.0. The second kappa shape index (κ2) is 8.24. The van der Waals surface area contributed by atoms with Crippen molar-refractivity contribution >= 4 is 23.3 Å². The average Bonchev–Trinajstić information content (AvgIpc) is 3.46. The van der Waals surface area contributed by atoms with Gasteiger partial charge < -0.3 is 11.1 Å². The molecule has 0 aromatic carbocycles. The van der Waals surface area contributed by atoms with Crippen molar-refractivity contribution in [3.8, 4) is 11.8 Å². The second-order valence-corrected chi connectivity index (χ2v) is 6.93. The van der Waals surface area contributed by atoms with Crippen molar-refractivity contribution in [3.05, 3.63) is 59.3 Å². The fourth-order valence-corrected chi connectivity index (χ4v) is 3.14. The van der Waals surface area contributed by atoms with E-state index >= 15 is 0 Å². The standard InChI is InChI=1S/C19H13F3N10O2/c1-9-7-25-14(24)5-12(9)31-15(19(20,21)22)11(8-28-31)18(34)30-16-13(33)4-10(6-23)17(29-16)32-26-2-3-27-32/h2-5,7-8,16H,1H3,(H2,24,25)(H,30,34). The lowest BCUT2D eigenvalue weighted by molar-refractivity contribution is -0.143. The van der Waals surface area contributed by atoms with Crippen molar-refractivity contribution < 1.29 is 22.8 Å². The largest absolute Gasteiger partial charge is 0.434 e. The Morgan fingerprint density at radius 1 is 1.24 bits per heavy atom. The third kappa shape index (κ3) is 3.99. The van der Waals surface area contributed by atoms with Crippen LogP contribution in [0.5, 0.6) is 0 Å². The summed E-state index contributed by atoms with van der Waals surface area (Å²) in [6.45, 7) is 1.50. The first-order valence-electron chi connectivity index (χ1n) is 9.39. The monoisotopic (exact) mass is 470 g/mol. The van der Waals surface area contributed by atoms with Gasteiger partial charge in [-0.15, -0.1) is 4.80 Å². The maximum Gasteiger partial charge on any atom is 0.434 e. The minimum atomic E-state index is -4.99. The summed E-state index contributed by atoms with van der Waals surface area (Å²) in [6, 6.07) is 2.94. The zero-order valence-corrected chi connectivity index (χ0v) is 17.1. The smallest absolute Gasteiger partial charge is 0.384 e. The third-order valence-corrected chi connectivity index (χ3v) is 4.65. The lowest BCUT2D eigenvalue weighted by Gasteiger charge is -2.18. The number of pyridine rings is 1. The topological polar surface area (TPSA) is 170 Å². The number of nitrogens with one attached hydrogen (secondary N) is 1. The summed E-state index contributed by atoms with van der Waals surface area (Å²) < 4.78 is 42.4. The molecule has 15 heteroatoms. The van der Waals surface area contributed by atoms with Crippen LogP contribution in [0.3, 0.4) is 0 Å². The van der Waals surface area contributed by atoms with Gasteiger partial charge in [0.2, 0.25) is 5.78 Å². The second-order valence-electron chi connectivity index (χ2n) is 6.93. The quantitative estimate of drug-likeness (QED) is 0.566. The number of carbonyl (C=O) groups is 2. The number of amides is 1. The van der Waals surface area contributed by atoms with Gasteiger partial charge in [-0.2, -0.15) is 33.7 Å². The predicted molar refractivity (Wildman–Crippen MR) is 108 cm³/mol. The molecule has 1 amide bonds. The van der Waals surface area contributed by atoms with Crippen LogP contribution in [0.25, 0.3) is 5.69 Å². The fraction of sp³-hybridized carbons (Fsp3) is 0.158. The summed E-state index contributed by atoms with van der Waals surface area (Å²) in [5, 5.41) is 22.7. The van der Waals surface area contributed by atoms with Crippen molar-refractivity contribution in [2.45, 2.75) is 19.3 Å². The first kappa shape index (κ1) is 22.3. The van der Waals surface area contributed by atoms with Gasteiger partial charge in [-0.05, 0) is 12.5 Å². The van der Waals surface area contributed by atoms with Gasteiger partial charge in [0.1, 0.15) is 17.5 Å². The lowest BCUT2D eigenvalue weighted by Crippen LogP contribution is -2.43. The molecule has 1 unspecified atom stereocenters. The zero-order chi connectivity index (χ0) is 24.6. The molecule has 1 aliphatic heterocycles. The molecule has 0 saturated carbocycles. The highest BCUT2D eigenvalue weighted by Gasteiger charge is 2.41. The van der Waals surface area contributed by atoms with Gasteiger partial charge in [-0.3, -0.25) is 9.59 Å². The van der Waals surface area contributed by atoms with Gasteiger partial charge in [0.25, 0.3) is 5.91 Å². The zero-order valence-electron chi connectivity index (χ0n) is 17.1. The predicted octanol–water partition coefficient (Wildman–Crippen LogP) is 0.804. The summed E-state index contributed by atoms with van der Waals surface area (Å²) in [5.74, 6) is -2.29. The van der Waals surface area contributed by atoms with E-state index in [2.05, 4.69) is 30.6 Å². The third-order valence-electron chi connectivity index (χ3n) is 4.65. The number of nitriles is 1. The number of nitrogens with two attached hydrogens (primary N) is 1. The summed E-state index contributed by atoms with van der Waals surface area (Å²) >= 11 is 0. The molecule has 12 nitrogen and oxygen atoms in total. The fourth-order valence-electron chi connectivity index (χ4n) is 3.14. The van der Waals surface area contributed by atoms with E-state index in [1.54, 1.807) is 6.07 Å². The molecule has 0 spiro atoms. The first-order chi connectivity index (χ1) is 16.1. The van der Waals surface area contributed by atoms with E-state index < -0.39 is 35.3 Å². The number of dihydropyridines is 1. The Kier molecular flexibility index (Phi) is 5.41. The summed E-state index contributed by atoms with van der Waals surface area (Å²) in [5.41, 5.74) is 3.49. The first-order valence-corrected chi connectivity index (χ1v) is 9.39. The number of aromatic nitrogens is 6. The van der Waals surface area contributed by atoms with Gasteiger partial charge in [0, 0.05) is 18.3 Å². The van der Waals surface area contributed by atoms with Crippen LogP contribution in [0.4, 0.5) is 19.0 Å². The molecule has 0 bridgehead atoms. The van der Waals surface area contributed by atoms with E-state index in [1.165, 1.54) is 31.6 Å². The van der Waals surface area contributed by atoms with Crippen LogP contribution in [0, 0.1) is 18.3 Å². The minimum Gasteiger partial charge on any atom is -0.384 e. The number of allylic oxidation sites excluding steroid dienone is 1. The number of alkyl halides is 3. The summed E-state index contributed by atoms with van der Waals surface area (Å²) in [4.78, 5) is 33.9. The highest BCUT2D eigenvalue weighted by Crippen LogP contribution is 2.34. The van der Waals surface area contributed by atoms with E-state index in [9.17, 15) is 28.0 Å². The molecule has 1 atom stereocenters. The number of anilines is 1. The number of halogens is 3. The maximum absolute atomic E-state index is 14.0. The number of aryl methyl sites for hydroxylation is 1. The lowest BCUT2D eigenvalue weighted by atomic mass is 10.1. The molecule has 3 aromatic heterocycles. The Labute approximate surface area is 188 Å². The van der Waals surface area contributed by atoms with Crippen molar-refractivity contribution in [1.82, 2.24) is 35.1 Å². The van der Waals surface area contributed by atoms with Crippen LogP contribution in [-0.2, 0) is 11.0 Å². The average molecular weight is 470 g/mol. The van der Waals surface area contributed by atoms with Gasteiger partial charge in [0.15, 0.2) is 17.7 Å². The molecular formula is C19H13F3N10O2. The Balaban J connectivity index is 1.72. The van der Waals surface area contributed by atoms with E-state index in [1.807, 2.05) is 0 Å². The van der Waals surface area contributed by atoms with Gasteiger partial charge in [-0.1, -0.05) is 0 Å². The molecule has 4 rings (SSSR count). The molecule has 3 N–H and O–H groups in total. The molecule has 1 aliphatic rings. The highest BCUT2D eigenvalue weighted by atomic mass is 19.4. The number of nitrogens with zero attached hydrogens (tertiary/aromatic N) is 8. The number of rotatable bonds is 3. The van der Waals surface area contributed by atoms with Crippen LogP contribution < -0.4 is 11.1 Å². The number of hydrogen-bond acceptors (Lipinski definition) is 9. The van der Waals surface area contributed by atoms with Crippen LogP contribution in [-0.4, -0.2) is 53.5 Å². The molecule has 4 heterocycles. The van der Waals surface area contributed by atoms with Crippen molar-refractivity contribution in [2.75, 3.05) is 5.73 Å².